The topological polar surface area (TPSA) is 55.6 Å². The van der Waals surface area contributed by atoms with Crippen LogP contribution in [-0.2, 0) is 4.74 Å². The molecule has 0 aliphatic heterocycles. The van der Waals surface area contributed by atoms with Crippen LogP contribution in [0.5, 0.6) is 0 Å². The summed E-state index contributed by atoms with van der Waals surface area (Å²) in [5.74, 6) is -0.0953. The van der Waals surface area contributed by atoms with Gasteiger partial charge in [0.1, 0.15) is 0 Å². The number of anilines is 1. The van der Waals surface area contributed by atoms with Crippen LogP contribution >= 0.6 is 28.3 Å². The second-order valence-corrected chi connectivity index (χ2v) is 4.37. The summed E-state index contributed by atoms with van der Waals surface area (Å²) in [6, 6.07) is 5.23. The molecule has 1 rings (SSSR count). The summed E-state index contributed by atoms with van der Waals surface area (Å²) in [7, 11) is 3.33. The Hall–Kier alpha value is -0.780. The molecule has 0 aliphatic carbocycles. The van der Waals surface area contributed by atoms with Gasteiger partial charge in [0, 0.05) is 30.9 Å². The number of hydrogen-bond donors (Lipinski definition) is 1. The van der Waals surface area contributed by atoms with Gasteiger partial charge in [-0.15, -0.1) is 12.4 Å². The molecule has 0 spiro atoms. The molecule has 0 aliphatic rings. The number of hydrogen-bond acceptors (Lipinski definition) is 3. The van der Waals surface area contributed by atoms with Crippen LogP contribution in [0.1, 0.15) is 10.4 Å². The van der Waals surface area contributed by atoms with Gasteiger partial charge in [0.25, 0.3) is 5.91 Å². The third-order valence-electron chi connectivity index (χ3n) is 2.22. The van der Waals surface area contributed by atoms with Crippen molar-refractivity contribution in [3.05, 3.63) is 28.2 Å². The number of benzene rings is 1. The zero-order valence-electron chi connectivity index (χ0n) is 9.77. The van der Waals surface area contributed by atoms with E-state index in [0.717, 1.165) is 4.47 Å². The van der Waals surface area contributed by atoms with Gasteiger partial charge in [-0.2, -0.15) is 0 Å². The van der Waals surface area contributed by atoms with Crippen molar-refractivity contribution in [3.63, 3.8) is 0 Å². The number of likely N-dealkylation sites (N-methyl/N-ethyl adjacent to an activating group) is 1. The fourth-order valence-corrected chi connectivity index (χ4v) is 1.64. The first-order valence-corrected chi connectivity index (χ1v) is 5.65. The van der Waals surface area contributed by atoms with E-state index in [1.165, 1.54) is 0 Å². The summed E-state index contributed by atoms with van der Waals surface area (Å²) in [6.45, 7) is 1.06. The Balaban J connectivity index is 0.00000256. The first-order valence-electron chi connectivity index (χ1n) is 4.85. The number of methoxy groups -OCH3 is 1. The van der Waals surface area contributed by atoms with Gasteiger partial charge in [-0.05, 0) is 18.2 Å². The molecule has 6 heteroatoms. The van der Waals surface area contributed by atoms with E-state index in [0.29, 0.717) is 24.4 Å². The lowest BCUT2D eigenvalue weighted by Crippen LogP contribution is -2.30. The highest BCUT2D eigenvalue weighted by Crippen LogP contribution is 2.19. The molecule has 4 nitrogen and oxygen atoms in total. The Morgan fingerprint density at radius 1 is 1.53 bits per heavy atom. The summed E-state index contributed by atoms with van der Waals surface area (Å²) >= 11 is 3.30. The van der Waals surface area contributed by atoms with Gasteiger partial charge in [-0.1, -0.05) is 15.9 Å². The van der Waals surface area contributed by atoms with Gasteiger partial charge in [-0.3, -0.25) is 4.79 Å². The van der Waals surface area contributed by atoms with Gasteiger partial charge < -0.3 is 15.4 Å². The number of carbonyl (C=O) groups excluding carboxylic acids is 1. The minimum atomic E-state index is -0.0953. The fourth-order valence-electron chi connectivity index (χ4n) is 1.26. The average molecular weight is 324 g/mol. The van der Waals surface area contributed by atoms with Crippen LogP contribution < -0.4 is 5.73 Å². The van der Waals surface area contributed by atoms with Crippen molar-refractivity contribution in [3.8, 4) is 0 Å². The van der Waals surface area contributed by atoms with E-state index in [1.54, 1.807) is 37.3 Å². The lowest BCUT2D eigenvalue weighted by molar-refractivity contribution is 0.0745. The molecular formula is C11H16BrClN2O2. The van der Waals surface area contributed by atoms with E-state index in [-0.39, 0.29) is 18.3 Å². The molecule has 0 unspecified atom stereocenters. The van der Waals surface area contributed by atoms with Gasteiger partial charge in [0.2, 0.25) is 0 Å². The van der Waals surface area contributed by atoms with Crippen LogP contribution in [0.4, 0.5) is 5.69 Å². The number of rotatable bonds is 4. The summed E-state index contributed by atoms with van der Waals surface area (Å²) in [5.41, 5.74) is 6.77. The highest BCUT2D eigenvalue weighted by molar-refractivity contribution is 9.10. The average Bonchev–Trinajstić information content (AvgIpc) is 2.25. The van der Waals surface area contributed by atoms with E-state index in [9.17, 15) is 4.79 Å². The standard InChI is InChI=1S/C11H15BrN2O2.ClH/c1-14(5-6-16-2)11(15)9-4-3-8(12)7-10(9)13;/h3-4,7H,5-6,13H2,1-2H3;1H. The van der Waals surface area contributed by atoms with Crippen molar-refractivity contribution in [2.75, 3.05) is 33.0 Å². The number of nitrogen functional groups attached to an aromatic ring is 1. The van der Waals surface area contributed by atoms with E-state index >= 15 is 0 Å². The van der Waals surface area contributed by atoms with Crippen molar-refractivity contribution >= 4 is 39.9 Å². The third kappa shape index (κ3) is 4.53. The van der Waals surface area contributed by atoms with Crippen LogP contribution in [0.15, 0.2) is 22.7 Å². The number of ether oxygens (including phenoxy) is 1. The number of nitrogens with two attached hydrogens (primary N) is 1. The minimum absolute atomic E-state index is 0. The van der Waals surface area contributed by atoms with Crippen LogP contribution in [0.25, 0.3) is 0 Å². The van der Waals surface area contributed by atoms with E-state index in [2.05, 4.69) is 15.9 Å². The Kier molecular flexibility index (Phi) is 7.18. The van der Waals surface area contributed by atoms with Crippen molar-refractivity contribution in [2.24, 2.45) is 0 Å². The fraction of sp³-hybridized carbons (Fsp3) is 0.364. The quantitative estimate of drug-likeness (QED) is 0.864. The molecule has 1 amide bonds. The van der Waals surface area contributed by atoms with Gasteiger partial charge in [0.15, 0.2) is 0 Å². The Labute approximate surface area is 116 Å². The van der Waals surface area contributed by atoms with Crippen molar-refractivity contribution in [1.82, 2.24) is 4.90 Å². The zero-order chi connectivity index (χ0) is 12.1. The molecule has 0 heterocycles. The maximum absolute atomic E-state index is 12.0. The molecule has 0 radical (unpaired) electrons. The monoisotopic (exact) mass is 322 g/mol. The second kappa shape index (κ2) is 7.53. The predicted octanol–water partition coefficient (Wildman–Crippen LogP) is 2.17. The number of amides is 1. The van der Waals surface area contributed by atoms with E-state index < -0.39 is 0 Å². The van der Waals surface area contributed by atoms with Crippen molar-refractivity contribution in [2.45, 2.75) is 0 Å². The Morgan fingerprint density at radius 2 is 2.18 bits per heavy atom. The van der Waals surface area contributed by atoms with Crippen LogP contribution in [0.2, 0.25) is 0 Å². The summed E-state index contributed by atoms with van der Waals surface area (Å²) in [4.78, 5) is 13.5. The maximum Gasteiger partial charge on any atom is 0.255 e. The molecule has 2 N–H and O–H groups in total. The summed E-state index contributed by atoms with van der Waals surface area (Å²) in [5, 5.41) is 0. The predicted molar refractivity (Wildman–Crippen MR) is 74.6 cm³/mol. The lowest BCUT2D eigenvalue weighted by atomic mass is 10.1. The van der Waals surface area contributed by atoms with Gasteiger partial charge in [-0.25, -0.2) is 0 Å². The molecule has 0 saturated heterocycles. The first-order chi connectivity index (χ1) is 7.56. The van der Waals surface area contributed by atoms with Crippen LogP contribution in [-0.4, -0.2) is 38.1 Å². The molecule has 17 heavy (non-hydrogen) atoms. The molecule has 96 valence electrons. The highest BCUT2D eigenvalue weighted by atomic mass is 79.9. The number of halogens is 2. The van der Waals surface area contributed by atoms with Gasteiger partial charge >= 0.3 is 0 Å². The number of carbonyl (C=O) groups is 1. The second-order valence-electron chi connectivity index (χ2n) is 3.45. The summed E-state index contributed by atoms with van der Waals surface area (Å²) < 4.78 is 5.78. The molecule has 0 atom stereocenters. The van der Waals surface area contributed by atoms with Crippen molar-refractivity contribution in [1.29, 1.82) is 0 Å². The molecule has 0 fully saturated rings. The molecule has 0 saturated carbocycles. The smallest absolute Gasteiger partial charge is 0.255 e. The largest absolute Gasteiger partial charge is 0.398 e. The minimum Gasteiger partial charge on any atom is -0.398 e. The molecule has 1 aromatic carbocycles. The van der Waals surface area contributed by atoms with Gasteiger partial charge in [0.05, 0.1) is 12.2 Å². The Morgan fingerprint density at radius 3 is 2.71 bits per heavy atom. The third-order valence-corrected chi connectivity index (χ3v) is 2.71. The van der Waals surface area contributed by atoms with Crippen LogP contribution in [0, 0.1) is 0 Å². The first kappa shape index (κ1) is 16.2. The molecule has 0 aromatic heterocycles. The summed E-state index contributed by atoms with van der Waals surface area (Å²) in [6.07, 6.45) is 0. The molecule has 1 aromatic rings. The molecule has 0 bridgehead atoms. The van der Waals surface area contributed by atoms with E-state index in [4.69, 9.17) is 10.5 Å². The zero-order valence-corrected chi connectivity index (χ0v) is 12.2. The van der Waals surface area contributed by atoms with E-state index in [1.807, 2.05) is 0 Å². The van der Waals surface area contributed by atoms with Crippen LogP contribution in [0.3, 0.4) is 0 Å². The normalized spacial score (nSPS) is 9.59. The molecular weight excluding hydrogens is 307 g/mol. The van der Waals surface area contributed by atoms with Crippen molar-refractivity contribution < 1.29 is 9.53 Å². The Bertz CT molecular complexity index is 388. The number of nitrogens with zero attached hydrogens (tertiary/aromatic N) is 1. The lowest BCUT2D eigenvalue weighted by Gasteiger charge is -2.17. The maximum atomic E-state index is 12.0. The highest BCUT2D eigenvalue weighted by Gasteiger charge is 2.14. The SMILES string of the molecule is COCCN(C)C(=O)c1ccc(Br)cc1N.Cl.